The molecule has 3 heterocycles. The van der Waals surface area contributed by atoms with Gasteiger partial charge >= 0.3 is 5.97 Å². The van der Waals surface area contributed by atoms with Crippen LogP contribution in [-0.4, -0.2) is 37.5 Å². The molecular weight excluding hydrogens is 400 g/mol. The van der Waals surface area contributed by atoms with E-state index in [1.165, 1.54) is 7.11 Å². The van der Waals surface area contributed by atoms with Gasteiger partial charge < -0.3 is 29.2 Å². The quantitative estimate of drug-likeness (QED) is 0.732. The number of aryl methyl sites for hydroxylation is 1. The molecule has 0 aliphatic carbocycles. The monoisotopic (exact) mass is 426 g/mol. The minimum Gasteiger partial charge on any atom is -0.497 e. The molecule has 1 saturated heterocycles. The van der Waals surface area contributed by atoms with E-state index < -0.39 is 11.9 Å². The van der Waals surface area contributed by atoms with Crippen molar-refractivity contribution in [3.63, 3.8) is 0 Å². The molecule has 164 valence electrons. The van der Waals surface area contributed by atoms with E-state index in [-0.39, 0.29) is 23.1 Å². The summed E-state index contributed by atoms with van der Waals surface area (Å²) >= 11 is 0. The normalized spacial score (nSPS) is 20.2. The third-order valence-electron chi connectivity index (χ3n) is 5.83. The Balaban J connectivity index is 1.89. The van der Waals surface area contributed by atoms with Crippen LogP contribution in [0.1, 0.15) is 35.6 Å². The van der Waals surface area contributed by atoms with Crippen LogP contribution in [0.3, 0.4) is 0 Å². The van der Waals surface area contributed by atoms with Crippen LogP contribution in [0.5, 0.6) is 11.5 Å². The number of fused-ring (bicyclic) bond motifs is 1. The molecule has 2 aliphatic rings. The zero-order valence-electron chi connectivity index (χ0n) is 17.8. The summed E-state index contributed by atoms with van der Waals surface area (Å²) < 4.78 is 23.4. The fourth-order valence-corrected chi connectivity index (χ4v) is 4.24. The molecule has 2 atom stereocenters. The second kappa shape index (κ2) is 8.47. The smallest absolute Gasteiger partial charge is 0.340 e. The number of rotatable bonds is 5. The van der Waals surface area contributed by atoms with Crippen molar-refractivity contribution in [1.29, 1.82) is 0 Å². The zero-order valence-corrected chi connectivity index (χ0v) is 17.8. The first kappa shape index (κ1) is 21.0. The van der Waals surface area contributed by atoms with Gasteiger partial charge in [0.15, 0.2) is 0 Å². The molecule has 0 saturated carbocycles. The molecule has 4 rings (SSSR count). The Hall–Kier alpha value is -3.26. The van der Waals surface area contributed by atoms with E-state index in [1.54, 1.807) is 42.0 Å². The van der Waals surface area contributed by atoms with Crippen molar-refractivity contribution in [2.75, 3.05) is 20.8 Å². The third-order valence-corrected chi connectivity index (χ3v) is 5.83. The van der Waals surface area contributed by atoms with Gasteiger partial charge in [-0.05, 0) is 37.5 Å². The molecular formula is C23H26N2O6. The molecule has 0 spiro atoms. The number of ether oxygens (including phenoxy) is 4. The number of methoxy groups -OCH3 is 2. The van der Waals surface area contributed by atoms with E-state index in [4.69, 9.17) is 24.7 Å². The van der Waals surface area contributed by atoms with Gasteiger partial charge in [0, 0.05) is 18.4 Å². The molecule has 1 fully saturated rings. The van der Waals surface area contributed by atoms with Crippen LogP contribution in [0.15, 0.2) is 46.6 Å². The van der Waals surface area contributed by atoms with Crippen LogP contribution in [0, 0.1) is 6.92 Å². The Morgan fingerprint density at radius 1 is 1.26 bits per heavy atom. The molecule has 8 nitrogen and oxygen atoms in total. The lowest BCUT2D eigenvalue weighted by Gasteiger charge is -2.29. The van der Waals surface area contributed by atoms with Crippen molar-refractivity contribution < 1.29 is 23.7 Å². The van der Waals surface area contributed by atoms with Gasteiger partial charge in [-0.2, -0.15) is 0 Å². The first-order chi connectivity index (χ1) is 14.9. The number of hydrogen-bond donors (Lipinski definition) is 1. The number of esters is 1. The Kier molecular flexibility index (Phi) is 5.73. The minimum absolute atomic E-state index is 0.0147. The third kappa shape index (κ3) is 3.79. The van der Waals surface area contributed by atoms with E-state index in [2.05, 4.69) is 0 Å². The topological polar surface area (TPSA) is 102 Å². The fraction of sp³-hybridized carbons (Fsp3) is 0.391. The van der Waals surface area contributed by atoms with Gasteiger partial charge in [0.05, 0.1) is 38.3 Å². The van der Waals surface area contributed by atoms with Gasteiger partial charge in [0.25, 0.3) is 5.56 Å². The number of carbonyl (C=O) groups is 1. The summed E-state index contributed by atoms with van der Waals surface area (Å²) in [5, 5.41) is 0. The second-order valence-electron chi connectivity index (χ2n) is 7.69. The highest BCUT2D eigenvalue weighted by Gasteiger charge is 2.38. The Morgan fingerprint density at radius 2 is 2.00 bits per heavy atom. The maximum absolute atomic E-state index is 13.7. The average Bonchev–Trinajstić information content (AvgIpc) is 3.28. The van der Waals surface area contributed by atoms with Gasteiger partial charge in [-0.1, -0.05) is 12.1 Å². The summed E-state index contributed by atoms with van der Waals surface area (Å²) in [7, 11) is 2.84. The number of hydrogen-bond acceptors (Lipinski definition) is 7. The van der Waals surface area contributed by atoms with Gasteiger partial charge in [-0.25, -0.2) is 4.79 Å². The zero-order chi connectivity index (χ0) is 22.1. The Bertz CT molecular complexity index is 1080. The molecule has 2 N–H and O–H groups in total. The van der Waals surface area contributed by atoms with Gasteiger partial charge in [-0.15, -0.1) is 0 Å². The van der Waals surface area contributed by atoms with Gasteiger partial charge in [0.1, 0.15) is 17.1 Å². The Morgan fingerprint density at radius 3 is 2.61 bits per heavy atom. The number of carbonyl (C=O) groups excluding carboxylic acids is 1. The molecule has 2 aliphatic heterocycles. The van der Waals surface area contributed by atoms with E-state index in [1.807, 2.05) is 6.92 Å². The predicted molar refractivity (Wildman–Crippen MR) is 113 cm³/mol. The van der Waals surface area contributed by atoms with Crippen molar-refractivity contribution in [1.82, 2.24) is 4.57 Å². The van der Waals surface area contributed by atoms with Crippen molar-refractivity contribution in [3.8, 4) is 11.5 Å². The lowest BCUT2D eigenvalue weighted by molar-refractivity contribution is -0.136. The van der Waals surface area contributed by atoms with E-state index in [0.717, 1.165) is 18.5 Å². The predicted octanol–water partition coefficient (Wildman–Crippen LogP) is 2.21. The summed E-state index contributed by atoms with van der Waals surface area (Å²) in [6.07, 6.45) is 1.87. The molecule has 8 heteroatoms. The highest BCUT2D eigenvalue weighted by Crippen LogP contribution is 2.41. The van der Waals surface area contributed by atoms with E-state index >= 15 is 0 Å². The SMILES string of the molecule is COC(=O)C1=C(N)Oc2cc(C)n(C[C@@H]3CCCO3)c(=O)c2[C@@H]1c1ccc(OC)cc1. The van der Waals surface area contributed by atoms with Crippen molar-refractivity contribution in [2.45, 2.75) is 38.3 Å². The molecule has 1 aromatic heterocycles. The van der Waals surface area contributed by atoms with Gasteiger partial charge in [0.2, 0.25) is 5.88 Å². The van der Waals surface area contributed by atoms with Crippen LogP contribution in [0.2, 0.25) is 0 Å². The summed E-state index contributed by atoms with van der Waals surface area (Å²) in [5.41, 5.74) is 7.79. The number of benzene rings is 1. The largest absolute Gasteiger partial charge is 0.497 e. The van der Waals surface area contributed by atoms with Crippen LogP contribution in [0.25, 0.3) is 0 Å². The maximum Gasteiger partial charge on any atom is 0.340 e. The summed E-state index contributed by atoms with van der Waals surface area (Å²) in [5.74, 6) is -0.444. The number of nitrogens with zero attached hydrogens (tertiary/aromatic N) is 1. The van der Waals surface area contributed by atoms with Crippen molar-refractivity contribution in [2.24, 2.45) is 5.73 Å². The molecule has 31 heavy (non-hydrogen) atoms. The van der Waals surface area contributed by atoms with E-state index in [9.17, 15) is 9.59 Å². The number of aromatic nitrogens is 1. The first-order valence-electron chi connectivity index (χ1n) is 10.2. The molecule has 1 aromatic carbocycles. The maximum atomic E-state index is 13.7. The van der Waals surface area contributed by atoms with E-state index in [0.29, 0.717) is 35.8 Å². The second-order valence-corrected chi connectivity index (χ2v) is 7.69. The lowest BCUT2D eigenvalue weighted by atomic mass is 9.83. The number of nitrogens with two attached hydrogens (primary N) is 1. The first-order valence-corrected chi connectivity index (χ1v) is 10.2. The highest BCUT2D eigenvalue weighted by atomic mass is 16.5. The van der Waals surface area contributed by atoms with Gasteiger partial charge in [-0.3, -0.25) is 4.79 Å². The van der Waals surface area contributed by atoms with Crippen molar-refractivity contribution >= 4 is 5.97 Å². The number of pyridine rings is 1. The van der Waals surface area contributed by atoms with Crippen LogP contribution in [0.4, 0.5) is 0 Å². The fourth-order valence-electron chi connectivity index (χ4n) is 4.24. The lowest BCUT2D eigenvalue weighted by Crippen LogP contribution is -2.36. The minimum atomic E-state index is -0.731. The average molecular weight is 426 g/mol. The molecule has 0 radical (unpaired) electrons. The molecule has 0 amide bonds. The highest BCUT2D eigenvalue weighted by molar-refractivity contribution is 5.92. The Labute approximate surface area is 180 Å². The standard InChI is InChI=1S/C23H26N2O6/c1-13-11-17-19(22(26)25(13)12-16-5-4-10-30-16)18(14-6-8-15(28-2)9-7-14)20(21(24)31-17)23(27)29-3/h6-9,11,16,18H,4-5,10,12,24H2,1-3H3/t16-,18-/m0/s1. The molecule has 2 aromatic rings. The summed E-state index contributed by atoms with van der Waals surface area (Å²) in [6.45, 7) is 2.99. The molecule has 0 bridgehead atoms. The molecule has 0 unspecified atom stereocenters. The van der Waals surface area contributed by atoms with Crippen LogP contribution in [-0.2, 0) is 20.8 Å². The van der Waals surface area contributed by atoms with Crippen LogP contribution < -0.4 is 20.8 Å². The summed E-state index contributed by atoms with van der Waals surface area (Å²) in [4.78, 5) is 26.3. The summed E-state index contributed by atoms with van der Waals surface area (Å²) in [6, 6.07) is 8.93. The van der Waals surface area contributed by atoms with Crippen LogP contribution >= 0.6 is 0 Å². The van der Waals surface area contributed by atoms with Crippen molar-refractivity contribution in [3.05, 3.63) is 69.0 Å².